The van der Waals surface area contributed by atoms with Crippen LogP contribution in [0.3, 0.4) is 0 Å². The molecule has 0 saturated carbocycles. The van der Waals surface area contributed by atoms with Crippen LogP contribution in [0.5, 0.6) is 0 Å². The van der Waals surface area contributed by atoms with Gasteiger partial charge >= 0.3 is 6.18 Å². The van der Waals surface area contributed by atoms with E-state index >= 15 is 0 Å². The molecule has 0 spiro atoms. The normalized spacial score (nSPS) is 26.5. The standard InChI is InChI=1S/C26H35F3N4O4S/c1-25(2,3)37-13-31-21(24(36)32-14-38-12-20(32)22(30)34)16-10-18-8-9-19(11-16)33(18)23(35)15-4-6-17(7-5-15)26(27,28)29/h4-7,16,18-21,31H,8-14H2,1-3H3,(H2,30,34)/t16?,18?,19?,20-,21+/m1/s1. The molecule has 3 fully saturated rings. The lowest BCUT2D eigenvalue weighted by atomic mass is 9.83. The number of halogens is 3. The van der Waals surface area contributed by atoms with Crippen LogP contribution >= 0.6 is 11.8 Å². The van der Waals surface area contributed by atoms with Crippen LogP contribution in [0, 0.1) is 5.92 Å². The zero-order valence-corrected chi connectivity index (χ0v) is 22.6. The number of hydrogen-bond donors (Lipinski definition) is 2. The Balaban J connectivity index is 1.50. The van der Waals surface area contributed by atoms with Crippen LogP contribution in [0.4, 0.5) is 13.2 Å². The first-order valence-corrected chi connectivity index (χ1v) is 14.0. The Morgan fingerprint density at radius 2 is 1.71 bits per heavy atom. The second-order valence-electron chi connectivity index (χ2n) is 11.2. The highest BCUT2D eigenvalue weighted by atomic mass is 32.2. The monoisotopic (exact) mass is 556 g/mol. The smallest absolute Gasteiger partial charge is 0.368 e. The van der Waals surface area contributed by atoms with Crippen molar-refractivity contribution in [3.05, 3.63) is 35.4 Å². The lowest BCUT2D eigenvalue weighted by molar-refractivity contribution is -0.141. The van der Waals surface area contributed by atoms with Crippen molar-refractivity contribution in [1.29, 1.82) is 0 Å². The molecule has 12 heteroatoms. The zero-order chi connectivity index (χ0) is 27.8. The summed E-state index contributed by atoms with van der Waals surface area (Å²) in [5, 5.41) is 3.26. The minimum Gasteiger partial charge on any atom is -0.368 e. The Labute approximate surface area is 224 Å². The number of primary amides is 1. The molecule has 2 unspecified atom stereocenters. The van der Waals surface area contributed by atoms with E-state index in [9.17, 15) is 27.6 Å². The average Bonchev–Trinajstić information content (AvgIpc) is 3.43. The maximum atomic E-state index is 13.7. The third-order valence-corrected chi connectivity index (χ3v) is 8.52. The summed E-state index contributed by atoms with van der Waals surface area (Å²) in [7, 11) is 0. The summed E-state index contributed by atoms with van der Waals surface area (Å²) >= 11 is 1.48. The molecular formula is C26H35F3N4O4S. The molecule has 8 nitrogen and oxygen atoms in total. The Bertz CT molecular complexity index is 1030. The van der Waals surface area contributed by atoms with Crippen LogP contribution in [0.15, 0.2) is 24.3 Å². The summed E-state index contributed by atoms with van der Waals surface area (Å²) in [5.41, 5.74) is 4.56. The second-order valence-corrected chi connectivity index (χ2v) is 12.2. The highest BCUT2D eigenvalue weighted by molar-refractivity contribution is 7.99. The lowest BCUT2D eigenvalue weighted by Crippen LogP contribution is -2.58. The number of benzene rings is 1. The van der Waals surface area contributed by atoms with E-state index < -0.39 is 35.3 Å². The molecule has 3 saturated heterocycles. The minimum atomic E-state index is -4.47. The first-order valence-electron chi connectivity index (χ1n) is 12.8. The molecule has 2 bridgehead atoms. The molecule has 1 aromatic carbocycles. The number of piperidine rings is 1. The molecule has 3 amide bonds. The molecule has 4 atom stereocenters. The van der Waals surface area contributed by atoms with E-state index in [2.05, 4.69) is 5.32 Å². The van der Waals surface area contributed by atoms with Crippen LogP contribution in [-0.4, -0.2) is 75.7 Å². The van der Waals surface area contributed by atoms with Gasteiger partial charge in [0.05, 0.1) is 29.8 Å². The van der Waals surface area contributed by atoms with Gasteiger partial charge in [-0.3, -0.25) is 19.7 Å². The third kappa shape index (κ3) is 6.28. The van der Waals surface area contributed by atoms with Crippen molar-refractivity contribution in [2.24, 2.45) is 11.7 Å². The lowest BCUT2D eigenvalue weighted by Gasteiger charge is -2.42. The Kier molecular flexibility index (Phi) is 8.34. The second kappa shape index (κ2) is 11.1. The summed E-state index contributed by atoms with van der Waals surface area (Å²) in [5.74, 6) is -0.311. The molecule has 1 aromatic rings. The van der Waals surface area contributed by atoms with Crippen molar-refractivity contribution < 1.29 is 32.3 Å². The number of ether oxygens (including phenoxy) is 1. The number of nitrogens with one attached hydrogen (secondary N) is 1. The Morgan fingerprint density at radius 3 is 2.24 bits per heavy atom. The number of fused-ring (bicyclic) bond motifs is 2. The van der Waals surface area contributed by atoms with Crippen LogP contribution in [0.25, 0.3) is 0 Å². The number of nitrogens with zero attached hydrogens (tertiary/aromatic N) is 2. The average molecular weight is 557 g/mol. The number of nitrogens with two attached hydrogens (primary N) is 1. The quantitative estimate of drug-likeness (QED) is 0.500. The van der Waals surface area contributed by atoms with E-state index in [1.54, 1.807) is 4.90 Å². The fraction of sp³-hybridized carbons (Fsp3) is 0.654. The molecule has 0 aromatic heterocycles. The predicted molar refractivity (Wildman–Crippen MR) is 137 cm³/mol. The van der Waals surface area contributed by atoms with Gasteiger partial charge in [0, 0.05) is 23.4 Å². The van der Waals surface area contributed by atoms with E-state index in [1.165, 1.54) is 28.8 Å². The van der Waals surface area contributed by atoms with Gasteiger partial charge in [-0.15, -0.1) is 11.8 Å². The van der Waals surface area contributed by atoms with Crippen molar-refractivity contribution in [3.63, 3.8) is 0 Å². The molecule has 3 N–H and O–H groups in total. The van der Waals surface area contributed by atoms with Crippen LogP contribution in [0.1, 0.15) is 62.4 Å². The molecule has 4 rings (SSSR count). The molecule has 3 aliphatic heterocycles. The highest BCUT2D eigenvalue weighted by Gasteiger charge is 2.48. The molecule has 3 heterocycles. The van der Waals surface area contributed by atoms with E-state index in [4.69, 9.17) is 10.5 Å². The first-order chi connectivity index (χ1) is 17.8. The summed E-state index contributed by atoms with van der Waals surface area (Å²) in [6.45, 7) is 5.88. The zero-order valence-electron chi connectivity index (χ0n) is 21.8. The molecule has 38 heavy (non-hydrogen) atoms. The number of rotatable bonds is 7. The minimum absolute atomic E-state index is 0.112. The fourth-order valence-corrected chi connectivity index (χ4v) is 6.83. The molecule has 0 aliphatic carbocycles. The molecule has 3 aliphatic rings. The summed E-state index contributed by atoms with van der Waals surface area (Å²) in [6.07, 6.45) is -1.83. The molecule has 0 radical (unpaired) electrons. The number of carbonyl (C=O) groups excluding carboxylic acids is 3. The van der Waals surface area contributed by atoms with E-state index in [1.807, 2.05) is 20.8 Å². The van der Waals surface area contributed by atoms with Gasteiger partial charge in [-0.2, -0.15) is 13.2 Å². The SMILES string of the molecule is CC(C)(C)OCN[C@H](C(=O)N1CSC[C@@H]1C(N)=O)C1CC2CCC(C1)N2C(=O)c1ccc(C(F)(F)F)cc1. The highest BCUT2D eigenvalue weighted by Crippen LogP contribution is 2.41. The van der Waals surface area contributed by atoms with Gasteiger partial charge in [0.2, 0.25) is 11.8 Å². The molecular weight excluding hydrogens is 521 g/mol. The van der Waals surface area contributed by atoms with Gasteiger partial charge in [0.1, 0.15) is 6.04 Å². The summed E-state index contributed by atoms with van der Waals surface area (Å²) in [6, 6.07) is 2.76. The van der Waals surface area contributed by atoms with Gasteiger partial charge < -0.3 is 20.3 Å². The first kappa shape index (κ1) is 28.7. The third-order valence-electron chi connectivity index (χ3n) is 7.50. The Morgan fingerprint density at radius 1 is 1.11 bits per heavy atom. The summed E-state index contributed by atoms with van der Waals surface area (Å²) in [4.78, 5) is 42.3. The van der Waals surface area contributed by atoms with Crippen LogP contribution in [0.2, 0.25) is 0 Å². The van der Waals surface area contributed by atoms with Gasteiger partial charge in [-0.1, -0.05) is 0 Å². The van der Waals surface area contributed by atoms with Gasteiger partial charge in [0.25, 0.3) is 5.91 Å². The van der Waals surface area contributed by atoms with Gasteiger partial charge in [-0.05, 0) is 76.6 Å². The van der Waals surface area contributed by atoms with Crippen molar-refractivity contribution in [1.82, 2.24) is 15.1 Å². The number of carbonyl (C=O) groups is 3. The maximum absolute atomic E-state index is 13.7. The fourth-order valence-electron chi connectivity index (χ4n) is 5.65. The van der Waals surface area contributed by atoms with Crippen LogP contribution < -0.4 is 11.1 Å². The van der Waals surface area contributed by atoms with Crippen molar-refractivity contribution in [3.8, 4) is 0 Å². The Hall–Kier alpha value is -2.31. The van der Waals surface area contributed by atoms with Gasteiger partial charge in [0.15, 0.2) is 0 Å². The van der Waals surface area contributed by atoms with Crippen molar-refractivity contribution >= 4 is 29.5 Å². The predicted octanol–water partition coefficient (Wildman–Crippen LogP) is 3.21. The van der Waals surface area contributed by atoms with E-state index in [0.29, 0.717) is 24.5 Å². The topological polar surface area (TPSA) is 105 Å². The maximum Gasteiger partial charge on any atom is 0.416 e. The summed E-state index contributed by atoms with van der Waals surface area (Å²) < 4.78 is 44.7. The van der Waals surface area contributed by atoms with E-state index in [0.717, 1.165) is 25.0 Å². The van der Waals surface area contributed by atoms with Crippen LogP contribution in [-0.2, 0) is 20.5 Å². The largest absolute Gasteiger partial charge is 0.416 e. The van der Waals surface area contributed by atoms with Gasteiger partial charge in [-0.25, -0.2) is 0 Å². The number of alkyl halides is 3. The van der Waals surface area contributed by atoms with E-state index in [-0.39, 0.29) is 42.1 Å². The number of amides is 3. The number of hydrogen-bond acceptors (Lipinski definition) is 6. The molecule has 210 valence electrons. The van der Waals surface area contributed by atoms with Crippen molar-refractivity contribution in [2.75, 3.05) is 18.4 Å². The van der Waals surface area contributed by atoms with Crippen molar-refractivity contribution in [2.45, 2.75) is 82.4 Å². The number of thioether (sulfide) groups is 1.